The molecule has 5 heteroatoms. The number of fused-ring (bicyclic) bond motifs is 1. The SMILES string of the molecule is COc1cc2c(cc1OC)CN(C(=O)C(C)OC)CC2. The Hall–Kier alpha value is -1.75. The van der Waals surface area contributed by atoms with Crippen LogP contribution in [0.4, 0.5) is 0 Å². The summed E-state index contributed by atoms with van der Waals surface area (Å²) in [4.78, 5) is 14.0. The van der Waals surface area contributed by atoms with E-state index >= 15 is 0 Å². The molecule has 20 heavy (non-hydrogen) atoms. The summed E-state index contributed by atoms with van der Waals surface area (Å²) in [6.45, 7) is 3.06. The minimum Gasteiger partial charge on any atom is -0.493 e. The number of carbonyl (C=O) groups is 1. The van der Waals surface area contributed by atoms with Gasteiger partial charge in [-0.15, -0.1) is 0 Å². The molecule has 1 aromatic carbocycles. The van der Waals surface area contributed by atoms with Crippen LogP contribution in [0.2, 0.25) is 0 Å². The number of benzene rings is 1. The fourth-order valence-electron chi connectivity index (χ4n) is 2.43. The van der Waals surface area contributed by atoms with E-state index in [-0.39, 0.29) is 5.91 Å². The van der Waals surface area contributed by atoms with Gasteiger partial charge in [0.1, 0.15) is 6.10 Å². The molecule has 110 valence electrons. The van der Waals surface area contributed by atoms with Crippen molar-refractivity contribution in [1.82, 2.24) is 4.90 Å². The largest absolute Gasteiger partial charge is 0.493 e. The van der Waals surface area contributed by atoms with E-state index in [1.165, 1.54) is 5.56 Å². The van der Waals surface area contributed by atoms with Crippen molar-refractivity contribution in [2.24, 2.45) is 0 Å². The van der Waals surface area contributed by atoms with Crippen LogP contribution in [0.15, 0.2) is 12.1 Å². The predicted octanol–water partition coefficient (Wildman–Crippen LogP) is 1.62. The smallest absolute Gasteiger partial charge is 0.251 e. The average molecular weight is 279 g/mol. The Morgan fingerprint density at radius 1 is 1.15 bits per heavy atom. The summed E-state index contributed by atoms with van der Waals surface area (Å²) in [7, 11) is 4.79. The summed E-state index contributed by atoms with van der Waals surface area (Å²) in [6, 6.07) is 3.95. The monoisotopic (exact) mass is 279 g/mol. The molecule has 0 bridgehead atoms. The van der Waals surface area contributed by atoms with Gasteiger partial charge in [0.25, 0.3) is 5.91 Å². The summed E-state index contributed by atoms with van der Waals surface area (Å²) >= 11 is 0. The lowest BCUT2D eigenvalue weighted by atomic mass is 9.98. The van der Waals surface area contributed by atoms with Crippen LogP contribution in [0.5, 0.6) is 11.5 Å². The molecule has 0 aliphatic carbocycles. The molecule has 0 saturated carbocycles. The summed E-state index contributed by atoms with van der Waals surface area (Å²) in [5.74, 6) is 1.45. The Balaban J connectivity index is 2.23. The molecule has 0 radical (unpaired) electrons. The number of hydrogen-bond acceptors (Lipinski definition) is 4. The Morgan fingerprint density at radius 2 is 1.75 bits per heavy atom. The van der Waals surface area contributed by atoms with Crippen LogP contribution in [0.1, 0.15) is 18.1 Å². The Labute approximate surface area is 119 Å². The van der Waals surface area contributed by atoms with E-state index in [1.54, 1.807) is 28.3 Å². The second-order valence-electron chi connectivity index (χ2n) is 4.86. The van der Waals surface area contributed by atoms with Gasteiger partial charge in [0.15, 0.2) is 11.5 Å². The number of amides is 1. The van der Waals surface area contributed by atoms with Crippen LogP contribution >= 0.6 is 0 Å². The molecule has 0 spiro atoms. The predicted molar refractivity (Wildman–Crippen MR) is 75.1 cm³/mol. The van der Waals surface area contributed by atoms with Crippen LogP contribution in [-0.4, -0.2) is 44.8 Å². The molecule has 1 aliphatic heterocycles. The maximum absolute atomic E-state index is 12.2. The van der Waals surface area contributed by atoms with Crippen molar-refractivity contribution in [1.29, 1.82) is 0 Å². The van der Waals surface area contributed by atoms with E-state index in [0.29, 0.717) is 18.8 Å². The molecule has 1 aromatic rings. The van der Waals surface area contributed by atoms with E-state index in [2.05, 4.69) is 0 Å². The van der Waals surface area contributed by atoms with Gasteiger partial charge in [-0.3, -0.25) is 4.79 Å². The molecule has 1 atom stereocenters. The topological polar surface area (TPSA) is 48.0 Å². The van der Waals surface area contributed by atoms with Crippen LogP contribution in [0.3, 0.4) is 0 Å². The molecule has 1 amide bonds. The molecule has 2 rings (SSSR count). The number of hydrogen-bond donors (Lipinski definition) is 0. The summed E-state index contributed by atoms with van der Waals surface area (Å²) in [5.41, 5.74) is 2.31. The molecule has 5 nitrogen and oxygen atoms in total. The zero-order valence-electron chi connectivity index (χ0n) is 12.4. The van der Waals surface area contributed by atoms with Gasteiger partial charge in [0.05, 0.1) is 14.2 Å². The number of methoxy groups -OCH3 is 3. The van der Waals surface area contributed by atoms with Crippen molar-refractivity contribution in [2.45, 2.75) is 26.0 Å². The number of rotatable bonds is 4. The van der Waals surface area contributed by atoms with Crippen LogP contribution < -0.4 is 9.47 Å². The average Bonchev–Trinajstić information content (AvgIpc) is 2.51. The second kappa shape index (κ2) is 6.13. The van der Waals surface area contributed by atoms with Crippen molar-refractivity contribution in [3.63, 3.8) is 0 Å². The fraction of sp³-hybridized carbons (Fsp3) is 0.533. The first kappa shape index (κ1) is 14.7. The number of carbonyl (C=O) groups excluding carboxylic acids is 1. The third kappa shape index (κ3) is 2.72. The highest BCUT2D eigenvalue weighted by atomic mass is 16.5. The first-order chi connectivity index (χ1) is 9.60. The van der Waals surface area contributed by atoms with Crippen molar-refractivity contribution in [3.05, 3.63) is 23.3 Å². The number of nitrogens with zero attached hydrogens (tertiary/aromatic N) is 1. The van der Waals surface area contributed by atoms with Gasteiger partial charge in [0, 0.05) is 20.2 Å². The third-order valence-electron chi connectivity index (χ3n) is 3.73. The van der Waals surface area contributed by atoms with Crippen molar-refractivity contribution < 1.29 is 19.0 Å². The minimum atomic E-state index is -0.406. The van der Waals surface area contributed by atoms with Gasteiger partial charge in [-0.2, -0.15) is 0 Å². The van der Waals surface area contributed by atoms with Crippen LogP contribution in [0.25, 0.3) is 0 Å². The fourth-order valence-corrected chi connectivity index (χ4v) is 2.43. The van der Waals surface area contributed by atoms with Gasteiger partial charge >= 0.3 is 0 Å². The van der Waals surface area contributed by atoms with Crippen molar-refractivity contribution >= 4 is 5.91 Å². The third-order valence-corrected chi connectivity index (χ3v) is 3.73. The Morgan fingerprint density at radius 3 is 2.30 bits per heavy atom. The van der Waals surface area contributed by atoms with Gasteiger partial charge in [-0.05, 0) is 36.6 Å². The quantitative estimate of drug-likeness (QED) is 0.840. The molecule has 0 N–H and O–H groups in total. The zero-order valence-corrected chi connectivity index (χ0v) is 12.4. The molecular formula is C15H21NO4. The molecule has 1 unspecified atom stereocenters. The highest BCUT2D eigenvalue weighted by Crippen LogP contribution is 2.33. The molecule has 1 aliphatic rings. The minimum absolute atomic E-state index is 0.0212. The molecule has 1 heterocycles. The molecular weight excluding hydrogens is 258 g/mol. The van der Waals surface area contributed by atoms with E-state index in [1.807, 2.05) is 17.0 Å². The van der Waals surface area contributed by atoms with E-state index in [0.717, 1.165) is 17.7 Å². The first-order valence-corrected chi connectivity index (χ1v) is 6.66. The van der Waals surface area contributed by atoms with Crippen molar-refractivity contribution in [3.8, 4) is 11.5 Å². The maximum atomic E-state index is 12.2. The molecule has 0 aromatic heterocycles. The Kier molecular flexibility index (Phi) is 4.49. The lowest BCUT2D eigenvalue weighted by Crippen LogP contribution is -2.41. The normalized spacial score (nSPS) is 15.5. The summed E-state index contributed by atoms with van der Waals surface area (Å²) in [6.07, 6.45) is 0.411. The van der Waals surface area contributed by atoms with Crippen molar-refractivity contribution in [2.75, 3.05) is 27.9 Å². The highest BCUT2D eigenvalue weighted by Gasteiger charge is 2.25. The van der Waals surface area contributed by atoms with E-state index in [9.17, 15) is 4.79 Å². The van der Waals surface area contributed by atoms with Crippen LogP contribution in [-0.2, 0) is 22.5 Å². The zero-order chi connectivity index (χ0) is 14.7. The van der Waals surface area contributed by atoms with Gasteiger partial charge in [0.2, 0.25) is 0 Å². The standard InChI is InChI=1S/C15H21NO4/c1-10(18-2)15(17)16-6-5-11-7-13(19-3)14(20-4)8-12(11)9-16/h7-8,10H,5-6,9H2,1-4H3. The Bertz CT molecular complexity index is 501. The number of ether oxygens (including phenoxy) is 3. The lowest BCUT2D eigenvalue weighted by Gasteiger charge is -2.31. The molecule has 0 fully saturated rings. The van der Waals surface area contributed by atoms with Gasteiger partial charge in [-0.25, -0.2) is 0 Å². The van der Waals surface area contributed by atoms with E-state index in [4.69, 9.17) is 14.2 Å². The van der Waals surface area contributed by atoms with Gasteiger partial charge in [-0.1, -0.05) is 0 Å². The van der Waals surface area contributed by atoms with Crippen LogP contribution in [0, 0.1) is 0 Å². The van der Waals surface area contributed by atoms with E-state index < -0.39 is 6.10 Å². The second-order valence-corrected chi connectivity index (χ2v) is 4.86. The summed E-state index contributed by atoms with van der Waals surface area (Å²) < 4.78 is 15.7. The first-order valence-electron chi connectivity index (χ1n) is 6.66. The maximum Gasteiger partial charge on any atom is 0.251 e. The van der Waals surface area contributed by atoms with Gasteiger partial charge < -0.3 is 19.1 Å². The summed E-state index contributed by atoms with van der Waals surface area (Å²) in [5, 5.41) is 0. The molecule has 0 saturated heterocycles. The highest BCUT2D eigenvalue weighted by molar-refractivity contribution is 5.80. The lowest BCUT2D eigenvalue weighted by molar-refractivity contribution is -0.141.